The number of methoxy groups -OCH3 is 1. The van der Waals surface area contributed by atoms with Crippen LogP contribution in [-0.4, -0.2) is 18.6 Å². The van der Waals surface area contributed by atoms with Crippen molar-refractivity contribution in [2.45, 2.75) is 13.0 Å². The predicted octanol–water partition coefficient (Wildman–Crippen LogP) is 3.69. The number of rotatable bonds is 5. The van der Waals surface area contributed by atoms with Gasteiger partial charge in [0.2, 0.25) is 0 Å². The average molecular weight is 339 g/mol. The number of nitrogens with one attached hydrogen (secondary N) is 1. The first kappa shape index (κ1) is 14.9. The number of hydrogen-bond donors (Lipinski definition) is 1. The molecule has 0 saturated heterocycles. The van der Waals surface area contributed by atoms with Crippen molar-refractivity contribution >= 4 is 15.9 Å². The molecule has 1 unspecified atom stereocenters. The Bertz CT molecular complexity index is 592. The summed E-state index contributed by atoms with van der Waals surface area (Å²) in [5.74, 6) is 0.371. The maximum Gasteiger partial charge on any atom is 0.142 e. The van der Waals surface area contributed by atoms with E-state index in [9.17, 15) is 4.39 Å². The molecule has 0 spiro atoms. The molecule has 0 bridgehead atoms. The molecule has 1 atom stereocenters. The Labute approximate surface area is 126 Å². The number of pyridine rings is 1. The van der Waals surface area contributed by atoms with Gasteiger partial charge in [0.25, 0.3) is 0 Å². The number of benzene rings is 1. The molecule has 1 N–H and O–H groups in total. The molecule has 0 saturated carbocycles. The van der Waals surface area contributed by atoms with Crippen LogP contribution < -0.4 is 10.1 Å². The predicted molar refractivity (Wildman–Crippen MR) is 80.4 cm³/mol. The second-order valence-corrected chi connectivity index (χ2v) is 5.11. The Morgan fingerprint density at radius 1 is 1.35 bits per heavy atom. The minimum Gasteiger partial charge on any atom is -0.495 e. The summed E-state index contributed by atoms with van der Waals surface area (Å²) in [6, 6.07) is 6.83. The molecule has 106 valence electrons. The summed E-state index contributed by atoms with van der Waals surface area (Å²) in [5.41, 5.74) is 1.44. The van der Waals surface area contributed by atoms with E-state index >= 15 is 0 Å². The number of aromatic nitrogens is 1. The van der Waals surface area contributed by atoms with E-state index in [-0.39, 0.29) is 11.9 Å². The third-order valence-corrected chi connectivity index (χ3v) is 3.66. The fraction of sp³-hybridized carbons (Fsp3) is 0.267. The van der Waals surface area contributed by atoms with Crippen molar-refractivity contribution < 1.29 is 9.13 Å². The molecule has 3 nitrogen and oxygen atoms in total. The third kappa shape index (κ3) is 2.99. The molecular weight excluding hydrogens is 323 g/mol. The van der Waals surface area contributed by atoms with Crippen LogP contribution in [0.25, 0.3) is 0 Å². The van der Waals surface area contributed by atoms with E-state index in [1.54, 1.807) is 31.6 Å². The minimum absolute atomic E-state index is 0.266. The van der Waals surface area contributed by atoms with Gasteiger partial charge < -0.3 is 10.1 Å². The second kappa shape index (κ2) is 6.81. The third-order valence-electron chi connectivity index (χ3n) is 3.05. The van der Waals surface area contributed by atoms with Crippen molar-refractivity contribution in [2.75, 3.05) is 13.7 Å². The van der Waals surface area contributed by atoms with Crippen LogP contribution in [0.3, 0.4) is 0 Å². The van der Waals surface area contributed by atoms with E-state index in [1.165, 1.54) is 0 Å². The molecule has 1 heterocycles. The minimum atomic E-state index is -0.282. The molecule has 2 aromatic rings. The lowest BCUT2D eigenvalue weighted by Crippen LogP contribution is -2.23. The molecular formula is C15H16BrFN2O. The van der Waals surface area contributed by atoms with Crippen molar-refractivity contribution in [2.24, 2.45) is 0 Å². The molecule has 0 aliphatic rings. The molecule has 0 amide bonds. The first-order chi connectivity index (χ1) is 9.69. The lowest BCUT2D eigenvalue weighted by molar-refractivity contribution is 0.401. The normalized spacial score (nSPS) is 12.2. The van der Waals surface area contributed by atoms with Gasteiger partial charge in [0, 0.05) is 17.3 Å². The van der Waals surface area contributed by atoms with Gasteiger partial charge in [-0.25, -0.2) is 4.39 Å². The van der Waals surface area contributed by atoms with Gasteiger partial charge in [-0.3, -0.25) is 4.98 Å². The number of halogens is 2. The summed E-state index contributed by atoms with van der Waals surface area (Å²) in [4.78, 5) is 4.04. The second-order valence-electron chi connectivity index (χ2n) is 4.25. The van der Waals surface area contributed by atoms with Crippen molar-refractivity contribution in [1.29, 1.82) is 0 Å². The zero-order valence-corrected chi connectivity index (χ0v) is 12.9. The van der Waals surface area contributed by atoms with E-state index in [2.05, 4.69) is 26.2 Å². The van der Waals surface area contributed by atoms with Crippen molar-refractivity contribution in [3.8, 4) is 5.75 Å². The Kier molecular flexibility index (Phi) is 5.09. The highest BCUT2D eigenvalue weighted by atomic mass is 79.9. The molecule has 0 fully saturated rings. The number of ether oxygens (including phenoxy) is 1. The van der Waals surface area contributed by atoms with E-state index < -0.39 is 0 Å². The van der Waals surface area contributed by atoms with Crippen molar-refractivity contribution in [3.63, 3.8) is 0 Å². The number of hydrogen-bond acceptors (Lipinski definition) is 3. The molecule has 0 aliphatic carbocycles. The highest BCUT2D eigenvalue weighted by Gasteiger charge is 2.21. The van der Waals surface area contributed by atoms with Gasteiger partial charge in [0.15, 0.2) is 0 Å². The number of nitrogens with zero attached hydrogens (tertiary/aromatic N) is 1. The van der Waals surface area contributed by atoms with Gasteiger partial charge in [-0.2, -0.15) is 0 Å². The highest BCUT2D eigenvalue weighted by molar-refractivity contribution is 9.10. The van der Waals surface area contributed by atoms with Gasteiger partial charge in [-0.1, -0.05) is 19.1 Å². The molecule has 1 aromatic heterocycles. The van der Waals surface area contributed by atoms with E-state index in [1.807, 2.05) is 19.1 Å². The largest absolute Gasteiger partial charge is 0.495 e. The SMILES string of the molecule is CCNC(c1ccncc1OC)c1cccc(Br)c1F. The summed E-state index contributed by atoms with van der Waals surface area (Å²) in [6.45, 7) is 2.69. The van der Waals surface area contributed by atoms with Gasteiger partial charge in [-0.15, -0.1) is 0 Å². The maximum absolute atomic E-state index is 14.4. The van der Waals surface area contributed by atoms with Crippen LogP contribution in [0.5, 0.6) is 5.75 Å². The fourth-order valence-electron chi connectivity index (χ4n) is 2.13. The first-order valence-corrected chi connectivity index (χ1v) is 7.13. The van der Waals surface area contributed by atoms with Crippen LogP contribution in [0.4, 0.5) is 4.39 Å². The van der Waals surface area contributed by atoms with Crippen LogP contribution >= 0.6 is 15.9 Å². The zero-order chi connectivity index (χ0) is 14.5. The van der Waals surface area contributed by atoms with Gasteiger partial charge in [0.1, 0.15) is 11.6 Å². The zero-order valence-electron chi connectivity index (χ0n) is 11.4. The summed E-state index contributed by atoms with van der Waals surface area (Å²) in [7, 11) is 1.58. The Morgan fingerprint density at radius 3 is 2.85 bits per heavy atom. The maximum atomic E-state index is 14.4. The molecule has 0 radical (unpaired) electrons. The van der Waals surface area contributed by atoms with Crippen molar-refractivity contribution in [1.82, 2.24) is 10.3 Å². The lowest BCUT2D eigenvalue weighted by Gasteiger charge is -2.21. The van der Waals surface area contributed by atoms with E-state index in [0.717, 1.165) is 5.56 Å². The average Bonchev–Trinajstić information content (AvgIpc) is 2.48. The van der Waals surface area contributed by atoms with Gasteiger partial charge in [-0.05, 0) is 34.6 Å². The quantitative estimate of drug-likeness (QED) is 0.902. The topological polar surface area (TPSA) is 34.2 Å². The van der Waals surface area contributed by atoms with Crippen LogP contribution in [0, 0.1) is 5.82 Å². The Balaban J connectivity index is 2.53. The molecule has 20 heavy (non-hydrogen) atoms. The molecule has 5 heteroatoms. The summed E-state index contributed by atoms with van der Waals surface area (Å²) in [6.07, 6.45) is 3.31. The first-order valence-electron chi connectivity index (χ1n) is 6.34. The standard InChI is InChI=1S/C15H16BrFN2O/c1-3-19-15(10-7-8-18-9-13(10)20-2)11-5-4-6-12(16)14(11)17/h4-9,15,19H,3H2,1-2H3. The highest BCUT2D eigenvalue weighted by Crippen LogP contribution is 2.32. The van der Waals surface area contributed by atoms with Gasteiger partial charge >= 0.3 is 0 Å². The summed E-state index contributed by atoms with van der Waals surface area (Å²) in [5, 5.41) is 3.29. The van der Waals surface area contributed by atoms with Crippen LogP contribution in [0.15, 0.2) is 41.1 Å². The summed E-state index contributed by atoms with van der Waals surface area (Å²) >= 11 is 3.23. The van der Waals surface area contributed by atoms with E-state index in [0.29, 0.717) is 22.3 Å². The summed E-state index contributed by atoms with van der Waals surface area (Å²) < 4.78 is 20.1. The Hall–Kier alpha value is -1.46. The molecule has 1 aromatic carbocycles. The fourth-order valence-corrected chi connectivity index (χ4v) is 2.52. The van der Waals surface area contributed by atoms with E-state index in [4.69, 9.17) is 4.74 Å². The van der Waals surface area contributed by atoms with Gasteiger partial charge in [0.05, 0.1) is 23.8 Å². The van der Waals surface area contributed by atoms with Crippen LogP contribution in [0.1, 0.15) is 24.1 Å². The van der Waals surface area contributed by atoms with Crippen LogP contribution in [-0.2, 0) is 0 Å². The monoisotopic (exact) mass is 338 g/mol. The smallest absolute Gasteiger partial charge is 0.142 e. The van der Waals surface area contributed by atoms with Crippen LogP contribution in [0.2, 0.25) is 0 Å². The molecule has 2 rings (SSSR count). The Morgan fingerprint density at radius 2 is 2.15 bits per heavy atom. The lowest BCUT2D eigenvalue weighted by atomic mass is 9.98. The molecule has 0 aliphatic heterocycles. The van der Waals surface area contributed by atoms with Crippen molar-refractivity contribution in [3.05, 3.63) is 58.1 Å².